The first-order valence-electron chi connectivity index (χ1n) is 8.36. The lowest BCUT2D eigenvalue weighted by Crippen LogP contribution is -2.16. The Bertz CT molecular complexity index is 593. The van der Waals surface area contributed by atoms with Crippen LogP contribution < -0.4 is 15.2 Å². The molecule has 0 atom stereocenters. The number of hydrogen-bond donors (Lipinski definition) is 1. The number of nitrogens with zero attached hydrogens (tertiary/aromatic N) is 1. The zero-order valence-electron chi connectivity index (χ0n) is 14.6. The zero-order chi connectivity index (χ0) is 17.5. The van der Waals surface area contributed by atoms with Crippen LogP contribution in [0.5, 0.6) is 11.5 Å². The molecule has 6 heteroatoms. The van der Waals surface area contributed by atoms with Gasteiger partial charge < -0.3 is 15.2 Å². The number of primary amides is 1. The van der Waals surface area contributed by atoms with Crippen LogP contribution >= 0.6 is 0 Å². The summed E-state index contributed by atoms with van der Waals surface area (Å²) in [5.74, 6) is 1.61. The Kier molecular flexibility index (Phi) is 6.46. The summed E-state index contributed by atoms with van der Waals surface area (Å²) in [6.07, 6.45) is 4.48. The molecule has 0 radical (unpaired) electrons. The fourth-order valence-electron chi connectivity index (χ4n) is 2.76. The van der Waals surface area contributed by atoms with Crippen LogP contribution in [0.2, 0.25) is 0 Å². The van der Waals surface area contributed by atoms with E-state index in [0.29, 0.717) is 6.42 Å². The van der Waals surface area contributed by atoms with E-state index in [1.807, 2.05) is 32.0 Å². The van der Waals surface area contributed by atoms with E-state index in [2.05, 4.69) is 9.99 Å². The smallest absolute Gasteiger partial charge is 0.430 e. The number of oxime groups is 1. The molecule has 2 rings (SSSR count). The largest absolute Gasteiger partial charge is 0.493 e. The minimum atomic E-state index is -0.909. The van der Waals surface area contributed by atoms with Gasteiger partial charge in [-0.15, -0.1) is 0 Å². The molecule has 1 aromatic rings. The maximum Gasteiger partial charge on any atom is 0.430 e. The van der Waals surface area contributed by atoms with Crippen molar-refractivity contribution in [1.82, 2.24) is 0 Å². The predicted molar refractivity (Wildman–Crippen MR) is 92.5 cm³/mol. The van der Waals surface area contributed by atoms with Gasteiger partial charge in [-0.3, -0.25) is 4.84 Å². The highest BCUT2D eigenvalue weighted by atomic mass is 16.7. The molecule has 6 nitrogen and oxygen atoms in total. The van der Waals surface area contributed by atoms with E-state index in [4.69, 9.17) is 15.2 Å². The van der Waals surface area contributed by atoms with Crippen molar-refractivity contribution in [2.75, 3.05) is 7.11 Å². The summed E-state index contributed by atoms with van der Waals surface area (Å²) in [5, 5.41) is 3.86. The van der Waals surface area contributed by atoms with Gasteiger partial charge >= 0.3 is 6.09 Å². The van der Waals surface area contributed by atoms with Crippen LogP contribution in [-0.4, -0.2) is 25.0 Å². The molecular formula is C18H26N2O4. The number of methoxy groups -OCH3 is 1. The summed E-state index contributed by atoms with van der Waals surface area (Å²) < 4.78 is 11.5. The Hall–Kier alpha value is -2.24. The lowest BCUT2D eigenvalue weighted by Gasteiger charge is -2.17. The predicted octanol–water partition coefficient (Wildman–Crippen LogP) is 3.67. The molecule has 1 aliphatic carbocycles. The second kappa shape index (κ2) is 8.57. The van der Waals surface area contributed by atoms with E-state index in [9.17, 15) is 4.79 Å². The molecule has 0 bridgehead atoms. The molecule has 0 unspecified atom stereocenters. The fourth-order valence-corrected chi connectivity index (χ4v) is 2.76. The maximum atomic E-state index is 10.8. The average Bonchev–Trinajstić information content (AvgIpc) is 3.04. The van der Waals surface area contributed by atoms with Crippen LogP contribution in [0.4, 0.5) is 4.79 Å². The van der Waals surface area contributed by atoms with Gasteiger partial charge in [-0.2, -0.15) is 0 Å². The highest BCUT2D eigenvalue weighted by molar-refractivity contribution is 5.88. The highest BCUT2D eigenvalue weighted by Crippen LogP contribution is 2.32. The first-order valence-corrected chi connectivity index (χ1v) is 8.36. The molecule has 1 amide bonds. The number of benzene rings is 1. The van der Waals surface area contributed by atoms with Crippen molar-refractivity contribution in [3.8, 4) is 11.5 Å². The number of amides is 1. The van der Waals surface area contributed by atoms with Crippen LogP contribution in [0, 0.1) is 5.92 Å². The highest BCUT2D eigenvalue weighted by Gasteiger charge is 2.19. The van der Waals surface area contributed by atoms with Crippen LogP contribution in [0.25, 0.3) is 0 Å². The molecule has 0 aromatic heterocycles. The molecule has 0 aliphatic heterocycles. The molecule has 24 heavy (non-hydrogen) atoms. The molecule has 132 valence electrons. The number of ether oxygens (including phenoxy) is 2. The minimum Gasteiger partial charge on any atom is -0.493 e. The lowest BCUT2D eigenvalue weighted by atomic mass is 10.00. The van der Waals surface area contributed by atoms with Crippen LogP contribution in [-0.2, 0) is 11.3 Å². The number of hydrogen-bond acceptors (Lipinski definition) is 5. The van der Waals surface area contributed by atoms with E-state index in [1.165, 1.54) is 12.8 Å². The third-order valence-corrected chi connectivity index (χ3v) is 4.13. The Labute approximate surface area is 142 Å². The van der Waals surface area contributed by atoms with Crippen molar-refractivity contribution in [2.24, 2.45) is 16.8 Å². The molecule has 0 saturated heterocycles. The third-order valence-electron chi connectivity index (χ3n) is 4.13. The molecule has 2 N–H and O–H groups in total. The van der Waals surface area contributed by atoms with Crippen molar-refractivity contribution >= 4 is 11.8 Å². The van der Waals surface area contributed by atoms with Gasteiger partial charge in [-0.1, -0.05) is 25.1 Å². The average molecular weight is 334 g/mol. The molecule has 1 fully saturated rings. The number of rotatable bonds is 7. The van der Waals surface area contributed by atoms with Gasteiger partial charge in [0.25, 0.3) is 0 Å². The van der Waals surface area contributed by atoms with E-state index < -0.39 is 6.09 Å². The molecule has 0 spiro atoms. The van der Waals surface area contributed by atoms with Gasteiger partial charge in [0.15, 0.2) is 11.5 Å². The van der Waals surface area contributed by atoms with Crippen molar-refractivity contribution < 1.29 is 19.1 Å². The van der Waals surface area contributed by atoms with Crippen molar-refractivity contribution in [2.45, 2.75) is 52.1 Å². The summed E-state index contributed by atoms with van der Waals surface area (Å²) in [5.41, 5.74) is 6.74. The fraction of sp³-hybridized carbons (Fsp3) is 0.556. The Morgan fingerprint density at radius 2 is 2.00 bits per heavy atom. The summed E-state index contributed by atoms with van der Waals surface area (Å²) in [7, 11) is 1.64. The monoisotopic (exact) mass is 334 g/mol. The topological polar surface area (TPSA) is 83.1 Å². The van der Waals surface area contributed by atoms with Crippen LogP contribution in [0.3, 0.4) is 0 Å². The van der Waals surface area contributed by atoms with Gasteiger partial charge in [0.1, 0.15) is 0 Å². The first-order chi connectivity index (χ1) is 11.5. The Balaban J connectivity index is 2.16. The third kappa shape index (κ3) is 5.15. The van der Waals surface area contributed by atoms with Gasteiger partial charge in [0.2, 0.25) is 0 Å². The van der Waals surface area contributed by atoms with E-state index >= 15 is 0 Å². The molecule has 0 heterocycles. The lowest BCUT2D eigenvalue weighted by molar-refractivity contribution is 0.160. The number of nitrogens with two attached hydrogens (primary N) is 1. The second-order valence-electron chi connectivity index (χ2n) is 6.33. The molecular weight excluding hydrogens is 308 g/mol. The minimum absolute atomic E-state index is 0.130. The normalized spacial score (nSPS) is 15.6. The van der Waals surface area contributed by atoms with Gasteiger partial charge in [-0.05, 0) is 49.3 Å². The van der Waals surface area contributed by atoms with Gasteiger partial charge in [0.05, 0.1) is 18.9 Å². The van der Waals surface area contributed by atoms with E-state index in [1.54, 1.807) is 7.11 Å². The molecule has 1 saturated carbocycles. The molecule has 1 aromatic carbocycles. The second-order valence-corrected chi connectivity index (χ2v) is 6.33. The van der Waals surface area contributed by atoms with Gasteiger partial charge in [0, 0.05) is 6.42 Å². The van der Waals surface area contributed by atoms with E-state index in [0.717, 1.165) is 35.6 Å². The van der Waals surface area contributed by atoms with Crippen LogP contribution in [0.15, 0.2) is 23.4 Å². The Morgan fingerprint density at radius 3 is 2.58 bits per heavy atom. The summed E-state index contributed by atoms with van der Waals surface area (Å²) in [6, 6.07) is 5.83. The van der Waals surface area contributed by atoms with Crippen molar-refractivity contribution in [3.63, 3.8) is 0 Å². The van der Waals surface area contributed by atoms with Crippen molar-refractivity contribution in [3.05, 3.63) is 23.8 Å². The zero-order valence-corrected chi connectivity index (χ0v) is 14.6. The first kappa shape index (κ1) is 18.1. The quantitative estimate of drug-likeness (QED) is 0.468. The number of carbonyl (C=O) groups is 1. The number of carbonyl (C=O) groups excluding carboxylic acids is 1. The standard InChI is InChI=1S/C18H26N2O4/c1-12(2)15(20-24-18(19)21)10-13-8-9-16(22-3)17(11-13)23-14-6-4-5-7-14/h8-9,11-12,14H,4-7,10H2,1-3H3,(H2,19,21)/b20-15+. The summed E-state index contributed by atoms with van der Waals surface area (Å²) >= 11 is 0. The summed E-state index contributed by atoms with van der Waals surface area (Å²) in [4.78, 5) is 15.4. The molecule has 1 aliphatic rings. The Morgan fingerprint density at radius 1 is 1.29 bits per heavy atom. The summed E-state index contributed by atoms with van der Waals surface area (Å²) in [6.45, 7) is 3.98. The van der Waals surface area contributed by atoms with Gasteiger partial charge in [-0.25, -0.2) is 4.79 Å². The maximum absolute atomic E-state index is 10.8. The van der Waals surface area contributed by atoms with Crippen LogP contribution in [0.1, 0.15) is 45.1 Å². The van der Waals surface area contributed by atoms with Crippen molar-refractivity contribution in [1.29, 1.82) is 0 Å². The SMILES string of the molecule is COc1ccc(C/C(=N\OC(N)=O)C(C)C)cc1OC1CCCC1. The van der Waals surface area contributed by atoms with E-state index in [-0.39, 0.29) is 12.0 Å².